The summed E-state index contributed by atoms with van der Waals surface area (Å²) in [4.78, 5) is 16.8. The quantitative estimate of drug-likeness (QED) is 0.651. The number of nitrogens with zero attached hydrogens (tertiary/aromatic N) is 1. The van der Waals surface area contributed by atoms with Gasteiger partial charge in [-0.1, -0.05) is 48.0 Å². The van der Waals surface area contributed by atoms with Gasteiger partial charge in [0.15, 0.2) is 0 Å². The molecule has 0 spiro atoms. The number of carbonyl (C=O) groups is 1. The zero-order valence-corrected chi connectivity index (χ0v) is 11.7. The van der Waals surface area contributed by atoms with Gasteiger partial charge in [0.25, 0.3) is 0 Å². The lowest BCUT2D eigenvalue weighted by Gasteiger charge is -2.06. The number of rotatable bonds is 2. The smallest absolute Gasteiger partial charge is 0.212 e. The van der Waals surface area contributed by atoms with Crippen LogP contribution in [-0.4, -0.2) is 10.8 Å². The van der Waals surface area contributed by atoms with E-state index in [4.69, 9.17) is 11.6 Å². The third-order valence-electron chi connectivity index (χ3n) is 3.32. The highest BCUT2D eigenvalue weighted by Gasteiger charge is 2.14. The standard InChI is InChI=1S/C17H12ClNO/c1-11-6-7-13(10-15(11)18)17(20)16-14-5-3-2-4-12(14)8-9-19-16/h2-10H,1H3. The second kappa shape index (κ2) is 5.06. The van der Waals surface area contributed by atoms with E-state index < -0.39 is 0 Å². The Morgan fingerprint density at radius 2 is 1.90 bits per heavy atom. The van der Waals surface area contributed by atoms with E-state index in [0.717, 1.165) is 16.3 Å². The molecule has 0 N–H and O–H groups in total. The molecule has 1 aromatic heterocycles. The van der Waals surface area contributed by atoms with E-state index in [0.29, 0.717) is 16.3 Å². The molecule has 0 aliphatic heterocycles. The predicted molar refractivity (Wildman–Crippen MR) is 81.4 cm³/mol. The second-order valence-corrected chi connectivity index (χ2v) is 5.08. The Hall–Kier alpha value is -2.19. The first-order chi connectivity index (χ1) is 9.66. The van der Waals surface area contributed by atoms with Crippen LogP contribution in [0, 0.1) is 6.92 Å². The Balaban J connectivity index is 2.15. The highest BCUT2D eigenvalue weighted by Crippen LogP contribution is 2.22. The Morgan fingerprint density at radius 3 is 2.70 bits per heavy atom. The zero-order chi connectivity index (χ0) is 14.1. The number of fused-ring (bicyclic) bond motifs is 1. The fraction of sp³-hybridized carbons (Fsp3) is 0.0588. The lowest BCUT2D eigenvalue weighted by molar-refractivity contribution is 0.103. The van der Waals surface area contributed by atoms with E-state index in [1.165, 1.54) is 0 Å². The van der Waals surface area contributed by atoms with Gasteiger partial charge in [0.2, 0.25) is 5.78 Å². The summed E-state index contributed by atoms with van der Waals surface area (Å²) in [6, 6.07) is 15.0. The highest BCUT2D eigenvalue weighted by atomic mass is 35.5. The van der Waals surface area contributed by atoms with E-state index in [1.807, 2.05) is 43.3 Å². The minimum atomic E-state index is -0.108. The Kier molecular flexibility index (Phi) is 3.25. The van der Waals surface area contributed by atoms with E-state index in [1.54, 1.807) is 18.3 Å². The van der Waals surface area contributed by atoms with Crippen molar-refractivity contribution >= 4 is 28.2 Å². The van der Waals surface area contributed by atoms with Crippen molar-refractivity contribution in [2.45, 2.75) is 6.92 Å². The van der Waals surface area contributed by atoms with Crippen LogP contribution in [0.15, 0.2) is 54.7 Å². The molecule has 0 amide bonds. The van der Waals surface area contributed by atoms with Gasteiger partial charge >= 0.3 is 0 Å². The maximum Gasteiger partial charge on any atom is 0.212 e. The predicted octanol–water partition coefficient (Wildman–Crippen LogP) is 4.43. The number of benzene rings is 2. The molecule has 0 bridgehead atoms. The van der Waals surface area contributed by atoms with Gasteiger partial charge in [-0.15, -0.1) is 0 Å². The molecular formula is C17H12ClNO. The maximum atomic E-state index is 12.6. The number of ketones is 1. The first-order valence-corrected chi connectivity index (χ1v) is 6.69. The molecule has 0 radical (unpaired) electrons. The van der Waals surface area contributed by atoms with Crippen molar-refractivity contribution in [2.75, 3.05) is 0 Å². The van der Waals surface area contributed by atoms with Crippen LogP contribution in [-0.2, 0) is 0 Å². The van der Waals surface area contributed by atoms with Gasteiger partial charge in [-0.3, -0.25) is 9.78 Å². The van der Waals surface area contributed by atoms with Gasteiger partial charge < -0.3 is 0 Å². The monoisotopic (exact) mass is 281 g/mol. The first-order valence-electron chi connectivity index (χ1n) is 6.31. The summed E-state index contributed by atoms with van der Waals surface area (Å²) in [6.45, 7) is 1.91. The fourth-order valence-electron chi connectivity index (χ4n) is 2.17. The Bertz CT molecular complexity index is 806. The molecule has 3 aromatic rings. The number of aromatic nitrogens is 1. The molecule has 98 valence electrons. The summed E-state index contributed by atoms with van der Waals surface area (Å²) in [7, 11) is 0. The molecule has 2 nitrogen and oxygen atoms in total. The van der Waals surface area contributed by atoms with Gasteiger partial charge in [-0.25, -0.2) is 0 Å². The molecule has 1 heterocycles. The van der Waals surface area contributed by atoms with Gasteiger partial charge in [0, 0.05) is 22.2 Å². The van der Waals surface area contributed by atoms with Crippen molar-refractivity contribution in [1.82, 2.24) is 4.98 Å². The minimum absolute atomic E-state index is 0.108. The van der Waals surface area contributed by atoms with E-state index in [9.17, 15) is 4.79 Å². The van der Waals surface area contributed by atoms with Crippen molar-refractivity contribution < 1.29 is 4.79 Å². The third-order valence-corrected chi connectivity index (χ3v) is 3.73. The van der Waals surface area contributed by atoms with E-state index in [-0.39, 0.29) is 5.78 Å². The van der Waals surface area contributed by atoms with Crippen LogP contribution in [0.4, 0.5) is 0 Å². The summed E-state index contributed by atoms with van der Waals surface area (Å²) < 4.78 is 0. The molecule has 2 aromatic carbocycles. The number of hydrogen-bond donors (Lipinski definition) is 0. The third kappa shape index (κ3) is 2.19. The minimum Gasteiger partial charge on any atom is -0.287 e. The normalized spacial score (nSPS) is 10.7. The molecule has 0 aliphatic rings. The highest BCUT2D eigenvalue weighted by molar-refractivity contribution is 6.32. The molecular weight excluding hydrogens is 270 g/mol. The number of pyridine rings is 1. The van der Waals surface area contributed by atoms with Crippen molar-refractivity contribution in [2.24, 2.45) is 0 Å². The summed E-state index contributed by atoms with van der Waals surface area (Å²) in [5.74, 6) is -0.108. The Morgan fingerprint density at radius 1 is 1.10 bits per heavy atom. The van der Waals surface area contributed by atoms with Crippen molar-refractivity contribution in [3.63, 3.8) is 0 Å². The summed E-state index contributed by atoms with van der Waals surface area (Å²) in [5, 5.41) is 2.46. The largest absolute Gasteiger partial charge is 0.287 e. The second-order valence-electron chi connectivity index (χ2n) is 4.67. The van der Waals surface area contributed by atoms with Crippen LogP contribution in [0.5, 0.6) is 0 Å². The lowest BCUT2D eigenvalue weighted by Crippen LogP contribution is -2.05. The lowest BCUT2D eigenvalue weighted by atomic mass is 10.0. The number of halogens is 1. The molecule has 0 unspecified atom stereocenters. The average molecular weight is 282 g/mol. The number of carbonyl (C=O) groups excluding carboxylic acids is 1. The molecule has 3 rings (SSSR count). The van der Waals surface area contributed by atoms with Crippen LogP contribution in [0.1, 0.15) is 21.6 Å². The Labute approximate surface area is 122 Å². The van der Waals surface area contributed by atoms with Crippen molar-refractivity contribution in [3.8, 4) is 0 Å². The van der Waals surface area contributed by atoms with Crippen LogP contribution < -0.4 is 0 Å². The van der Waals surface area contributed by atoms with Gasteiger partial charge in [0.05, 0.1) is 0 Å². The van der Waals surface area contributed by atoms with Gasteiger partial charge in [-0.05, 0) is 30.0 Å². The molecule has 0 aliphatic carbocycles. The van der Waals surface area contributed by atoms with Crippen molar-refractivity contribution in [1.29, 1.82) is 0 Å². The summed E-state index contributed by atoms with van der Waals surface area (Å²) in [6.07, 6.45) is 1.66. The molecule has 0 fully saturated rings. The van der Waals surface area contributed by atoms with E-state index in [2.05, 4.69) is 4.98 Å². The zero-order valence-electron chi connectivity index (χ0n) is 10.9. The van der Waals surface area contributed by atoms with Crippen LogP contribution in [0.2, 0.25) is 5.02 Å². The van der Waals surface area contributed by atoms with Crippen molar-refractivity contribution in [3.05, 3.63) is 76.6 Å². The van der Waals surface area contributed by atoms with E-state index >= 15 is 0 Å². The summed E-state index contributed by atoms with van der Waals surface area (Å²) in [5.41, 5.74) is 1.97. The van der Waals surface area contributed by atoms with Gasteiger partial charge in [0.1, 0.15) is 5.69 Å². The molecule has 0 saturated carbocycles. The maximum absolute atomic E-state index is 12.6. The number of hydrogen-bond acceptors (Lipinski definition) is 2. The topological polar surface area (TPSA) is 30.0 Å². The average Bonchev–Trinajstić information content (AvgIpc) is 2.49. The van der Waals surface area contributed by atoms with Crippen LogP contribution in [0.25, 0.3) is 10.8 Å². The molecule has 0 saturated heterocycles. The van der Waals surface area contributed by atoms with Crippen LogP contribution in [0.3, 0.4) is 0 Å². The first kappa shape index (κ1) is 12.8. The fourth-order valence-corrected chi connectivity index (χ4v) is 2.35. The number of aryl methyl sites for hydroxylation is 1. The molecule has 0 atom stereocenters. The molecule has 20 heavy (non-hydrogen) atoms. The summed E-state index contributed by atoms with van der Waals surface area (Å²) >= 11 is 6.09. The molecule has 3 heteroatoms. The SMILES string of the molecule is Cc1ccc(C(=O)c2nccc3ccccc23)cc1Cl. The van der Waals surface area contributed by atoms with Gasteiger partial charge in [-0.2, -0.15) is 0 Å². The van der Waals surface area contributed by atoms with Crippen LogP contribution >= 0.6 is 11.6 Å².